The summed E-state index contributed by atoms with van der Waals surface area (Å²) in [7, 11) is 0. The Morgan fingerprint density at radius 2 is 2.14 bits per heavy atom. The fourth-order valence-corrected chi connectivity index (χ4v) is 2.93. The summed E-state index contributed by atoms with van der Waals surface area (Å²) in [6.07, 6.45) is 8.20. The minimum absolute atomic E-state index is 0.306. The standard InChI is InChI=1S/C17H26N2O2/c1-3-21-17(20)15-5-4-11-18-16(15)19-12-10-14-8-6-13(2)7-9-14/h4-5,11,13-14H,3,6-10,12H2,1-2H3,(H,18,19). The number of carbonyl (C=O) groups is 1. The van der Waals surface area contributed by atoms with E-state index in [-0.39, 0.29) is 5.97 Å². The van der Waals surface area contributed by atoms with E-state index in [0.717, 1.165) is 24.8 Å². The third-order valence-electron chi connectivity index (χ3n) is 4.28. The first-order chi connectivity index (χ1) is 10.2. The molecule has 1 aromatic rings. The fourth-order valence-electron chi connectivity index (χ4n) is 2.93. The van der Waals surface area contributed by atoms with E-state index in [9.17, 15) is 4.79 Å². The minimum atomic E-state index is -0.306. The van der Waals surface area contributed by atoms with Gasteiger partial charge in [-0.2, -0.15) is 0 Å². The molecule has 0 unspecified atom stereocenters. The number of hydrogen-bond acceptors (Lipinski definition) is 4. The monoisotopic (exact) mass is 290 g/mol. The van der Waals surface area contributed by atoms with Crippen molar-refractivity contribution in [1.29, 1.82) is 0 Å². The van der Waals surface area contributed by atoms with Crippen LogP contribution in [-0.4, -0.2) is 24.1 Å². The second kappa shape index (κ2) is 8.01. The third-order valence-corrected chi connectivity index (χ3v) is 4.28. The second-order valence-corrected chi connectivity index (χ2v) is 5.96. The maximum absolute atomic E-state index is 11.9. The molecule has 0 saturated heterocycles. The summed E-state index contributed by atoms with van der Waals surface area (Å²) >= 11 is 0. The molecule has 0 aromatic carbocycles. The van der Waals surface area contributed by atoms with Gasteiger partial charge in [-0.15, -0.1) is 0 Å². The van der Waals surface area contributed by atoms with Crippen LogP contribution >= 0.6 is 0 Å². The number of aromatic nitrogens is 1. The van der Waals surface area contributed by atoms with Crippen molar-refractivity contribution in [2.75, 3.05) is 18.5 Å². The number of ether oxygens (including phenoxy) is 1. The number of rotatable bonds is 6. The van der Waals surface area contributed by atoms with Gasteiger partial charge in [0, 0.05) is 12.7 Å². The number of nitrogens with zero attached hydrogens (tertiary/aromatic N) is 1. The van der Waals surface area contributed by atoms with Crippen LogP contribution in [0.5, 0.6) is 0 Å². The molecule has 1 saturated carbocycles. The van der Waals surface area contributed by atoms with E-state index in [0.29, 0.717) is 18.0 Å². The number of esters is 1. The molecule has 1 heterocycles. The smallest absolute Gasteiger partial charge is 0.341 e. The van der Waals surface area contributed by atoms with E-state index in [1.165, 1.54) is 25.7 Å². The number of hydrogen-bond donors (Lipinski definition) is 1. The summed E-state index contributed by atoms with van der Waals surface area (Å²) in [5.74, 6) is 2.03. The number of carbonyl (C=O) groups excluding carboxylic acids is 1. The van der Waals surface area contributed by atoms with Crippen molar-refractivity contribution in [2.24, 2.45) is 11.8 Å². The Bertz CT molecular complexity index is 454. The van der Waals surface area contributed by atoms with Gasteiger partial charge in [-0.05, 0) is 37.3 Å². The molecule has 0 spiro atoms. The first kappa shape index (κ1) is 15.8. The summed E-state index contributed by atoms with van der Waals surface area (Å²) in [6.45, 7) is 5.40. The van der Waals surface area contributed by atoms with Crippen LogP contribution in [0, 0.1) is 11.8 Å². The zero-order chi connectivity index (χ0) is 15.1. The lowest BCUT2D eigenvalue weighted by atomic mass is 9.81. The van der Waals surface area contributed by atoms with Crippen LogP contribution in [0.4, 0.5) is 5.82 Å². The van der Waals surface area contributed by atoms with Crippen molar-refractivity contribution in [1.82, 2.24) is 4.98 Å². The second-order valence-electron chi connectivity index (χ2n) is 5.96. The van der Waals surface area contributed by atoms with E-state index < -0.39 is 0 Å². The highest BCUT2D eigenvalue weighted by molar-refractivity contribution is 5.94. The predicted octanol–water partition coefficient (Wildman–Crippen LogP) is 3.89. The van der Waals surface area contributed by atoms with Crippen LogP contribution in [0.2, 0.25) is 0 Å². The zero-order valence-corrected chi connectivity index (χ0v) is 13.1. The Kier molecular flexibility index (Phi) is 6.03. The Balaban J connectivity index is 1.84. The van der Waals surface area contributed by atoms with Gasteiger partial charge in [0.1, 0.15) is 11.4 Å². The van der Waals surface area contributed by atoms with Crippen LogP contribution in [0.25, 0.3) is 0 Å². The molecule has 1 aromatic heterocycles. The van der Waals surface area contributed by atoms with Crippen molar-refractivity contribution in [3.8, 4) is 0 Å². The van der Waals surface area contributed by atoms with Crippen molar-refractivity contribution >= 4 is 11.8 Å². The highest BCUT2D eigenvalue weighted by Gasteiger charge is 2.18. The van der Waals surface area contributed by atoms with E-state index in [2.05, 4.69) is 17.2 Å². The van der Waals surface area contributed by atoms with E-state index >= 15 is 0 Å². The average Bonchev–Trinajstić information content (AvgIpc) is 2.50. The van der Waals surface area contributed by atoms with Gasteiger partial charge in [-0.25, -0.2) is 9.78 Å². The Hall–Kier alpha value is -1.58. The van der Waals surface area contributed by atoms with Crippen LogP contribution in [-0.2, 0) is 4.74 Å². The molecular formula is C17H26N2O2. The molecular weight excluding hydrogens is 264 g/mol. The van der Waals surface area contributed by atoms with E-state index in [1.54, 1.807) is 18.3 Å². The van der Waals surface area contributed by atoms with Crippen LogP contribution in [0.3, 0.4) is 0 Å². The Morgan fingerprint density at radius 1 is 1.38 bits per heavy atom. The molecule has 1 N–H and O–H groups in total. The summed E-state index contributed by atoms with van der Waals surface area (Å²) in [6, 6.07) is 3.52. The number of nitrogens with one attached hydrogen (secondary N) is 1. The van der Waals surface area contributed by atoms with Crippen LogP contribution in [0.1, 0.15) is 56.3 Å². The van der Waals surface area contributed by atoms with E-state index in [1.807, 2.05) is 6.92 Å². The highest BCUT2D eigenvalue weighted by atomic mass is 16.5. The fraction of sp³-hybridized carbons (Fsp3) is 0.647. The van der Waals surface area contributed by atoms with Crippen molar-refractivity contribution in [3.63, 3.8) is 0 Å². The first-order valence-electron chi connectivity index (χ1n) is 8.06. The lowest BCUT2D eigenvalue weighted by molar-refractivity contribution is 0.0527. The molecule has 2 rings (SSSR count). The molecule has 21 heavy (non-hydrogen) atoms. The van der Waals surface area contributed by atoms with Crippen molar-refractivity contribution in [3.05, 3.63) is 23.9 Å². The van der Waals surface area contributed by atoms with Gasteiger partial charge in [0.2, 0.25) is 0 Å². The lowest BCUT2D eigenvalue weighted by Crippen LogP contribution is -2.17. The maximum atomic E-state index is 11.9. The van der Waals surface area contributed by atoms with Gasteiger partial charge >= 0.3 is 5.97 Å². The molecule has 1 fully saturated rings. The molecule has 0 radical (unpaired) electrons. The molecule has 116 valence electrons. The van der Waals surface area contributed by atoms with Gasteiger partial charge in [-0.3, -0.25) is 0 Å². The molecule has 1 aliphatic carbocycles. The molecule has 4 nitrogen and oxygen atoms in total. The minimum Gasteiger partial charge on any atom is -0.462 e. The maximum Gasteiger partial charge on any atom is 0.341 e. The average molecular weight is 290 g/mol. The first-order valence-corrected chi connectivity index (χ1v) is 8.06. The summed E-state index contributed by atoms with van der Waals surface area (Å²) in [4.78, 5) is 16.1. The van der Waals surface area contributed by atoms with Crippen molar-refractivity contribution < 1.29 is 9.53 Å². The van der Waals surface area contributed by atoms with E-state index in [4.69, 9.17) is 4.74 Å². The molecule has 0 atom stereocenters. The van der Waals surface area contributed by atoms with Gasteiger partial charge in [0.15, 0.2) is 0 Å². The quantitative estimate of drug-likeness (QED) is 0.808. The largest absolute Gasteiger partial charge is 0.462 e. The van der Waals surface area contributed by atoms with Crippen LogP contribution in [0.15, 0.2) is 18.3 Å². The SMILES string of the molecule is CCOC(=O)c1cccnc1NCCC1CCC(C)CC1. The van der Waals surface area contributed by atoms with Crippen LogP contribution < -0.4 is 5.32 Å². The normalized spacial score (nSPS) is 21.8. The van der Waals surface area contributed by atoms with Gasteiger partial charge < -0.3 is 10.1 Å². The Morgan fingerprint density at radius 3 is 2.86 bits per heavy atom. The van der Waals surface area contributed by atoms with Gasteiger partial charge in [0.25, 0.3) is 0 Å². The molecule has 0 amide bonds. The molecule has 0 aliphatic heterocycles. The highest BCUT2D eigenvalue weighted by Crippen LogP contribution is 2.30. The predicted molar refractivity (Wildman–Crippen MR) is 84.4 cm³/mol. The zero-order valence-electron chi connectivity index (χ0n) is 13.1. The van der Waals surface area contributed by atoms with Gasteiger partial charge in [0.05, 0.1) is 6.61 Å². The number of pyridine rings is 1. The number of anilines is 1. The third kappa shape index (κ3) is 4.73. The van der Waals surface area contributed by atoms with Gasteiger partial charge in [-0.1, -0.05) is 32.6 Å². The molecule has 1 aliphatic rings. The summed E-state index contributed by atoms with van der Waals surface area (Å²) in [5, 5.41) is 3.30. The topological polar surface area (TPSA) is 51.2 Å². The Labute approximate surface area is 127 Å². The molecule has 4 heteroatoms. The molecule has 0 bridgehead atoms. The summed E-state index contributed by atoms with van der Waals surface area (Å²) in [5.41, 5.74) is 0.525. The lowest BCUT2D eigenvalue weighted by Gasteiger charge is -2.26. The summed E-state index contributed by atoms with van der Waals surface area (Å²) < 4.78 is 5.06. The van der Waals surface area contributed by atoms with Crippen molar-refractivity contribution in [2.45, 2.75) is 46.0 Å².